The number of phenols is 1. The molecule has 0 unspecified atom stereocenters. The number of anilines is 1. The van der Waals surface area contributed by atoms with Crippen LogP contribution in [-0.2, 0) is 0 Å². The van der Waals surface area contributed by atoms with E-state index < -0.39 is 0 Å². The lowest BCUT2D eigenvalue weighted by molar-refractivity contribution is 0.478. The summed E-state index contributed by atoms with van der Waals surface area (Å²) in [7, 11) is 0. The number of nitrogens with zero attached hydrogens (tertiary/aromatic N) is 1. The van der Waals surface area contributed by atoms with E-state index in [2.05, 4.69) is 15.6 Å². The number of guanidine groups is 1. The van der Waals surface area contributed by atoms with Gasteiger partial charge in [0.25, 0.3) is 0 Å². The normalized spacial score (nSPS) is 14.9. The molecule has 0 saturated heterocycles. The van der Waals surface area contributed by atoms with Crippen molar-refractivity contribution in [2.75, 3.05) is 18.4 Å². The summed E-state index contributed by atoms with van der Waals surface area (Å²) in [5.41, 5.74) is 0.677. The molecule has 0 aliphatic carbocycles. The summed E-state index contributed by atoms with van der Waals surface area (Å²) in [5.74, 6) is 0.959. The predicted molar refractivity (Wildman–Crippen MR) is 52.0 cm³/mol. The van der Waals surface area contributed by atoms with E-state index >= 15 is 0 Å². The minimum absolute atomic E-state index is 0.235. The molecule has 2 rings (SSSR count). The first kappa shape index (κ1) is 7.91. The number of hydrogen-bond acceptors (Lipinski definition) is 4. The highest BCUT2D eigenvalue weighted by molar-refractivity contribution is 5.95. The number of aromatic hydroxyl groups is 1. The van der Waals surface area contributed by atoms with E-state index in [4.69, 9.17) is 0 Å². The zero-order valence-corrected chi connectivity index (χ0v) is 7.12. The maximum absolute atomic E-state index is 9.43. The molecule has 0 fully saturated rings. The lowest BCUT2D eigenvalue weighted by Gasteiger charge is -2.07. The van der Waals surface area contributed by atoms with Crippen molar-refractivity contribution < 1.29 is 5.11 Å². The molecule has 4 nitrogen and oxygen atoms in total. The van der Waals surface area contributed by atoms with Gasteiger partial charge in [0.1, 0.15) is 5.75 Å². The molecule has 13 heavy (non-hydrogen) atoms. The summed E-state index contributed by atoms with van der Waals surface area (Å²) in [6.45, 7) is 1.64. The minimum atomic E-state index is 0.235. The summed E-state index contributed by atoms with van der Waals surface area (Å²) in [6.07, 6.45) is 0. The van der Waals surface area contributed by atoms with Gasteiger partial charge >= 0.3 is 0 Å². The van der Waals surface area contributed by atoms with Gasteiger partial charge in [-0.15, -0.1) is 0 Å². The van der Waals surface area contributed by atoms with Gasteiger partial charge in [-0.2, -0.15) is 0 Å². The molecule has 3 N–H and O–H groups in total. The van der Waals surface area contributed by atoms with Crippen LogP contribution >= 0.6 is 0 Å². The van der Waals surface area contributed by atoms with Crippen LogP contribution in [0.3, 0.4) is 0 Å². The fourth-order valence-corrected chi connectivity index (χ4v) is 1.19. The molecule has 1 aliphatic rings. The summed E-state index contributed by atoms with van der Waals surface area (Å²) in [4.78, 5) is 4.16. The van der Waals surface area contributed by atoms with Gasteiger partial charge in [-0.3, -0.25) is 4.99 Å². The van der Waals surface area contributed by atoms with Gasteiger partial charge < -0.3 is 15.7 Å². The highest BCUT2D eigenvalue weighted by Gasteiger charge is 2.06. The van der Waals surface area contributed by atoms with Gasteiger partial charge in [0.15, 0.2) is 5.96 Å². The Morgan fingerprint density at radius 3 is 2.92 bits per heavy atom. The smallest absolute Gasteiger partial charge is 0.196 e. The lowest BCUT2D eigenvalue weighted by Crippen LogP contribution is -2.26. The number of benzene rings is 1. The Bertz CT molecular complexity index is 335. The molecule has 0 spiro atoms. The largest absolute Gasteiger partial charge is 0.506 e. The number of hydrogen-bond donors (Lipinski definition) is 3. The van der Waals surface area contributed by atoms with Crippen molar-refractivity contribution in [2.45, 2.75) is 0 Å². The molecular formula is C9H11N3O. The first-order chi connectivity index (χ1) is 6.36. The number of rotatable bonds is 1. The van der Waals surface area contributed by atoms with Crippen LogP contribution in [0.2, 0.25) is 0 Å². The van der Waals surface area contributed by atoms with Crippen molar-refractivity contribution in [1.29, 1.82) is 0 Å². The zero-order valence-electron chi connectivity index (χ0n) is 7.12. The van der Waals surface area contributed by atoms with Crippen LogP contribution in [0, 0.1) is 0 Å². The maximum atomic E-state index is 9.43. The van der Waals surface area contributed by atoms with E-state index in [1.807, 2.05) is 6.07 Å². The Morgan fingerprint density at radius 1 is 1.38 bits per heavy atom. The second kappa shape index (κ2) is 3.35. The molecule has 1 aliphatic heterocycles. The van der Waals surface area contributed by atoms with Gasteiger partial charge in [0, 0.05) is 6.54 Å². The number of phenolic OH excluding ortho intramolecular Hbond substituents is 1. The average molecular weight is 177 g/mol. The number of nitrogens with one attached hydrogen (secondary N) is 2. The molecule has 4 heteroatoms. The van der Waals surface area contributed by atoms with Gasteiger partial charge in [0.2, 0.25) is 0 Å². The van der Waals surface area contributed by atoms with Gasteiger partial charge in [-0.25, -0.2) is 0 Å². The van der Waals surface area contributed by atoms with E-state index in [0.29, 0.717) is 5.69 Å². The summed E-state index contributed by atoms with van der Waals surface area (Å²) in [6, 6.07) is 7.08. The van der Waals surface area contributed by atoms with Gasteiger partial charge in [-0.05, 0) is 12.1 Å². The molecular weight excluding hydrogens is 166 g/mol. The van der Waals surface area contributed by atoms with E-state index in [9.17, 15) is 5.11 Å². The zero-order chi connectivity index (χ0) is 9.10. The molecule has 1 aromatic rings. The van der Waals surface area contributed by atoms with Crippen LogP contribution in [0.5, 0.6) is 5.75 Å². The van der Waals surface area contributed by atoms with Crippen molar-refractivity contribution in [3.8, 4) is 5.75 Å². The molecule has 1 aromatic carbocycles. The Hall–Kier alpha value is -1.71. The SMILES string of the molecule is Oc1ccccc1NC1=NCCN1. The Labute approximate surface area is 76.3 Å². The summed E-state index contributed by atoms with van der Waals surface area (Å²) < 4.78 is 0. The number of para-hydroxylation sites is 2. The van der Waals surface area contributed by atoms with Crippen molar-refractivity contribution in [3.63, 3.8) is 0 Å². The molecule has 0 bridgehead atoms. The van der Waals surface area contributed by atoms with Crippen LogP contribution in [0.4, 0.5) is 5.69 Å². The van der Waals surface area contributed by atoms with E-state index in [-0.39, 0.29) is 5.75 Å². The lowest BCUT2D eigenvalue weighted by atomic mass is 10.3. The fourth-order valence-electron chi connectivity index (χ4n) is 1.19. The molecule has 0 amide bonds. The van der Waals surface area contributed by atoms with Crippen LogP contribution in [-0.4, -0.2) is 24.2 Å². The first-order valence-electron chi connectivity index (χ1n) is 4.19. The third-order valence-corrected chi connectivity index (χ3v) is 1.83. The number of aliphatic imine (C=N–C) groups is 1. The molecule has 0 aromatic heterocycles. The van der Waals surface area contributed by atoms with Gasteiger partial charge in [0.05, 0.1) is 12.2 Å². The Kier molecular flexibility index (Phi) is 2.04. The highest BCUT2D eigenvalue weighted by Crippen LogP contribution is 2.21. The van der Waals surface area contributed by atoms with Crippen LogP contribution in [0.25, 0.3) is 0 Å². The van der Waals surface area contributed by atoms with Gasteiger partial charge in [-0.1, -0.05) is 12.1 Å². The average Bonchev–Trinajstić information content (AvgIpc) is 2.61. The summed E-state index contributed by atoms with van der Waals surface area (Å²) in [5, 5.41) is 15.5. The topological polar surface area (TPSA) is 56.6 Å². The molecule has 68 valence electrons. The third-order valence-electron chi connectivity index (χ3n) is 1.83. The first-order valence-corrected chi connectivity index (χ1v) is 4.19. The Balaban J connectivity index is 2.13. The van der Waals surface area contributed by atoms with Crippen molar-refractivity contribution in [1.82, 2.24) is 5.32 Å². The van der Waals surface area contributed by atoms with Crippen molar-refractivity contribution >= 4 is 11.6 Å². The molecule has 0 radical (unpaired) electrons. The van der Waals surface area contributed by atoms with Crippen LogP contribution in [0.15, 0.2) is 29.3 Å². The molecule has 1 heterocycles. The van der Waals surface area contributed by atoms with Crippen LogP contribution < -0.4 is 10.6 Å². The second-order valence-corrected chi connectivity index (χ2v) is 2.80. The highest BCUT2D eigenvalue weighted by atomic mass is 16.3. The quantitative estimate of drug-likeness (QED) is 0.555. The molecule has 0 saturated carbocycles. The minimum Gasteiger partial charge on any atom is -0.506 e. The standard InChI is InChI=1S/C9H11N3O/c13-8-4-2-1-3-7(8)12-9-10-5-6-11-9/h1-4,13H,5-6H2,(H2,10,11,12). The monoisotopic (exact) mass is 177 g/mol. The van der Waals surface area contributed by atoms with E-state index in [1.54, 1.807) is 18.2 Å². The molecule has 0 atom stereocenters. The van der Waals surface area contributed by atoms with E-state index in [0.717, 1.165) is 19.0 Å². The van der Waals surface area contributed by atoms with Crippen molar-refractivity contribution in [3.05, 3.63) is 24.3 Å². The Morgan fingerprint density at radius 2 is 2.23 bits per heavy atom. The predicted octanol–water partition coefficient (Wildman–Crippen LogP) is 0.763. The summed E-state index contributed by atoms with van der Waals surface area (Å²) >= 11 is 0. The van der Waals surface area contributed by atoms with Crippen LogP contribution in [0.1, 0.15) is 0 Å². The second-order valence-electron chi connectivity index (χ2n) is 2.80. The van der Waals surface area contributed by atoms with Crippen molar-refractivity contribution in [2.24, 2.45) is 4.99 Å². The van der Waals surface area contributed by atoms with E-state index in [1.165, 1.54) is 0 Å². The fraction of sp³-hybridized carbons (Fsp3) is 0.222. The third kappa shape index (κ3) is 1.72. The maximum Gasteiger partial charge on any atom is 0.196 e.